The molecule has 2 heterocycles. The fourth-order valence-electron chi connectivity index (χ4n) is 3.44. The third kappa shape index (κ3) is 4.05. The Balaban J connectivity index is 1.48. The lowest BCUT2D eigenvalue weighted by Crippen LogP contribution is -2.48. The minimum Gasteiger partial charge on any atom is -0.345 e. The number of benzene rings is 2. The van der Waals surface area contributed by atoms with Crippen molar-refractivity contribution in [3.8, 4) is 11.3 Å². The van der Waals surface area contributed by atoms with Crippen molar-refractivity contribution in [2.45, 2.75) is 18.7 Å². The molecule has 0 atom stereocenters. The Labute approximate surface area is 174 Å². The number of rotatable bonds is 4. The van der Waals surface area contributed by atoms with Crippen molar-refractivity contribution in [1.29, 1.82) is 0 Å². The maximum Gasteiger partial charge on any atom is 0.243 e. The Morgan fingerprint density at radius 2 is 1.79 bits per heavy atom. The third-order valence-electron chi connectivity index (χ3n) is 5.10. The van der Waals surface area contributed by atoms with Crippen LogP contribution in [0.3, 0.4) is 0 Å². The summed E-state index contributed by atoms with van der Waals surface area (Å²) in [5, 5.41) is 2.94. The highest BCUT2D eigenvalue weighted by molar-refractivity contribution is 7.89. The van der Waals surface area contributed by atoms with Crippen molar-refractivity contribution in [2.75, 3.05) is 31.1 Å². The molecule has 152 valence electrons. The van der Waals surface area contributed by atoms with Gasteiger partial charge in [0.15, 0.2) is 5.13 Å². The highest BCUT2D eigenvalue weighted by Gasteiger charge is 2.29. The molecule has 1 saturated heterocycles. The predicted molar refractivity (Wildman–Crippen MR) is 114 cm³/mol. The van der Waals surface area contributed by atoms with Crippen LogP contribution in [0.1, 0.15) is 11.1 Å². The van der Waals surface area contributed by atoms with Crippen LogP contribution in [0.2, 0.25) is 0 Å². The minimum atomic E-state index is -3.69. The average Bonchev–Trinajstić information content (AvgIpc) is 3.20. The lowest BCUT2D eigenvalue weighted by atomic mass is 10.0. The van der Waals surface area contributed by atoms with Crippen LogP contribution in [-0.2, 0) is 10.0 Å². The van der Waals surface area contributed by atoms with Crippen LogP contribution in [0.15, 0.2) is 52.7 Å². The maximum absolute atomic E-state index is 13.4. The predicted octanol–water partition coefficient (Wildman–Crippen LogP) is 4.08. The monoisotopic (exact) mass is 431 g/mol. The van der Waals surface area contributed by atoms with Crippen molar-refractivity contribution < 1.29 is 12.8 Å². The Morgan fingerprint density at radius 3 is 2.52 bits per heavy atom. The molecule has 1 aliphatic heterocycles. The standard InChI is InChI=1S/C21H22FN3O2S2/c1-15-6-7-16(2)19(12-15)20-14-28-21(23-20)24-8-10-25(11-9-24)29(26,27)18-5-3-4-17(22)13-18/h3-7,12-14H,8-11H2,1-2H3. The number of hydrogen-bond donors (Lipinski definition) is 0. The summed E-state index contributed by atoms with van der Waals surface area (Å²) in [6.07, 6.45) is 0. The maximum atomic E-state index is 13.4. The number of halogens is 1. The molecule has 1 aromatic heterocycles. The van der Waals surface area contributed by atoms with E-state index in [1.807, 2.05) is 5.38 Å². The van der Waals surface area contributed by atoms with Crippen LogP contribution in [-0.4, -0.2) is 43.9 Å². The number of sulfonamides is 1. The molecule has 8 heteroatoms. The van der Waals surface area contributed by atoms with Crippen molar-refractivity contribution in [2.24, 2.45) is 0 Å². The molecule has 5 nitrogen and oxygen atoms in total. The van der Waals surface area contributed by atoms with Gasteiger partial charge in [0.2, 0.25) is 10.0 Å². The van der Waals surface area contributed by atoms with Gasteiger partial charge in [0.1, 0.15) is 5.82 Å². The second-order valence-corrected chi connectivity index (χ2v) is 9.96. The van der Waals surface area contributed by atoms with Crippen LogP contribution in [0.25, 0.3) is 11.3 Å². The van der Waals surface area contributed by atoms with E-state index in [4.69, 9.17) is 4.98 Å². The number of thiazole rings is 1. The van der Waals surface area contributed by atoms with Gasteiger partial charge in [0, 0.05) is 37.1 Å². The van der Waals surface area contributed by atoms with E-state index in [1.165, 1.54) is 33.6 Å². The summed E-state index contributed by atoms with van der Waals surface area (Å²) in [5.74, 6) is -0.550. The van der Waals surface area contributed by atoms with Crippen LogP contribution in [0, 0.1) is 19.7 Å². The molecule has 1 aliphatic rings. The van der Waals surface area contributed by atoms with E-state index in [9.17, 15) is 12.8 Å². The second-order valence-electron chi connectivity index (χ2n) is 7.18. The number of piperazine rings is 1. The molecule has 4 rings (SSSR count). The van der Waals surface area contributed by atoms with Gasteiger partial charge in [0.05, 0.1) is 10.6 Å². The van der Waals surface area contributed by atoms with E-state index < -0.39 is 15.8 Å². The summed E-state index contributed by atoms with van der Waals surface area (Å²) in [5.41, 5.74) is 4.44. The highest BCUT2D eigenvalue weighted by Crippen LogP contribution is 2.31. The Hall–Kier alpha value is -2.29. The fraction of sp³-hybridized carbons (Fsp3) is 0.286. The van der Waals surface area contributed by atoms with E-state index in [0.29, 0.717) is 26.2 Å². The highest BCUT2D eigenvalue weighted by atomic mass is 32.2. The molecule has 0 aliphatic carbocycles. The lowest BCUT2D eigenvalue weighted by molar-refractivity contribution is 0.384. The Kier molecular flexibility index (Phi) is 5.42. The van der Waals surface area contributed by atoms with Gasteiger partial charge < -0.3 is 4.90 Å². The zero-order valence-corrected chi connectivity index (χ0v) is 17.9. The largest absolute Gasteiger partial charge is 0.345 e. The van der Waals surface area contributed by atoms with Gasteiger partial charge in [-0.1, -0.05) is 23.8 Å². The fourth-order valence-corrected chi connectivity index (χ4v) is 5.77. The Bertz CT molecular complexity index is 1140. The molecule has 0 spiro atoms. The van der Waals surface area contributed by atoms with E-state index in [2.05, 4.69) is 36.9 Å². The topological polar surface area (TPSA) is 53.5 Å². The van der Waals surface area contributed by atoms with E-state index in [0.717, 1.165) is 22.5 Å². The number of nitrogens with zero attached hydrogens (tertiary/aromatic N) is 3. The van der Waals surface area contributed by atoms with E-state index in [-0.39, 0.29) is 4.90 Å². The summed E-state index contributed by atoms with van der Waals surface area (Å²) >= 11 is 1.57. The van der Waals surface area contributed by atoms with E-state index >= 15 is 0 Å². The molecule has 0 unspecified atom stereocenters. The molecular weight excluding hydrogens is 409 g/mol. The van der Waals surface area contributed by atoms with Gasteiger partial charge >= 0.3 is 0 Å². The first-order valence-corrected chi connectivity index (χ1v) is 11.7. The van der Waals surface area contributed by atoms with Gasteiger partial charge in [-0.05, 0) is 43.7 Å². The molecule has 0 N–H and O–H groups in total. The Morgan fingerprint density at radius 1 is 1.03 bits per heavy atom. The van der Waals surface area contributed by atoms with Gasteiger partial charge in [-0.25, -0.2) is 17.8 Å². The second kappa shape index (κ2) is 7.85. The van der Waals surface area contributed by atoms with Gasteiger partial charge in [-0.3, -0.25) is 0 Å². The van der Waals surface area contributed by atoms with Crippen molar-refractivity contribution in [3.63, 3.8) is 0 Å². The molecule has 2 aromatic carbocycles. The van der Waals surface area contributed by atoms with Crippen LogP contribution < -0.4 is 4.90 Å². The number of hydrogen-bond acceptors (Lipinski definition) is 5. The lowest BCUT2D eigenvalue weighted by Gasteiger charge is -2.33. The third-order valence-corrected chi connectivity index (χ3v) is 7.90. The van der Waals surface area contributed by atoms with Crippen LogP contribution in [0.4, 0.5) is 9.52 Å². The summed E-state index contributed by atoms with van der Waals surface area (Å²) in [4.78, 5) is 6.90. The quantitative estimate of drug-likeness (QED) is 0.625. The first-order valence-electron chi connectivity index (χ1n) is 9.38. The van der Waals surface area contributed by atoms with Crippen molar-refractivity contribution >= 4 is 26.5 Å². The van der Waals surface area contributed by atoms with Gasteiger partial charge in [-0.15, -0.1) is 11.3 Å². The van der Waals surface area contributed by atoms with Crippen molar-refractivity contribution in [3.05, 3.63) is 64.8 Å². The van der Waals surface area contributed by atoms with Crippen LogP contribution >= 0.6 is 11.3 Å². The SMILES string of the molecule is Cc1ccc(C)c(-c2csc(N3CCN(S(=O)(=O)c4cccc(F)c4)CC3)n2)c1. The molecule has 1 fully saturated rings. The van der Waals surface area contributed by atoms with Crippen LogP contribution in [0.5, 0.6) is 0 Å². The van der Waals surface area contributed by atoms with Gasteiger partial charge in [0.25, 0.3) is 0 Å². The van der Waals surface area contributed by atoms with Gasteiger partial charge in [-0.2, -0.15) is 4.31 Å². The summed E-state index contributed by atoms with van der Waals surface area (Å²) in [6, 6.07) is 11.5. The molecule has 0 radical (unpaired) electrons. The normalized spacial score (nSPS) is 15.6. The molecule has 29 heavy (non-hydrogen) atoms. The molecule has 0 saturated carbocycles. The van der Waals surface area contributed by atoms with Crippen molar-refractivity contribution in [1.82, 2.24) is 9.29 Å². The molecule has 0 bridgehead atoms. The smallest absolute Gasteiger partial charge is 0.243 e. The first kappa shape index (κ1) is 20.0. The average molecular weight is 432 g/mol. The zero-order chi connectivity index (χ0) is 20.6. The molecule has 3 aromatic rings. The van der Waals surface area contributed by atoms with E-state index in [1.54, 1.807) is 11.3 Å². The summed E-state index contributed by atoms with van der Waals surface area (Å²) < 4.78 is 40.4. The summed E-state index contributed by atoms with van der Waals surface area (Å²) in [6.45, 7) is 5.93. The molecule has 0 amide bonds. The number of aromatic nitrogens is 1. The number of anilines is 1. The number of aryl methyl sites for hydroxylation is 2. The zero-order valence-electron chi connectivity index (χ0n) is 16.3. The molecular formula is C21H22FN3O2S2. The minimum absolute atomic E-state index is 0.00240. The summed E-state index contributed by atoms with van der Waals surface area (Å²) in [7, 11) is -3.69. The first-order chi connectivity index (χ1) is 13.8.